The number of hydrogen-bond acceptors (Lipinski definition) is 3. The zero-order valence-corrected chi connectivity index (χ0v) is 9.62. The smallest absolute Gasteiger partial charge is 0.355 e. The fourth-order valence-electron chi connectivity index (χ4n) is 1.93. The first-order valence-electron chi connectivity index (χ1n) is 5.48. The highest BCUT2D eigenvalue weighted by Gasteiger charge is 2.20. The van der Waals surface area contributed by atoms with Crippen molar-refractivity contribution in [1.82, 2.24) is 14.4 Å². The molecule has 1 N–H and O–H groups in total. The molecule has 0 saturated heterocycles. The van der Waals surface area contributed by atoms with Gasteiger partial charge in [-0.1, -0.05) is 0 Å². The Morgan fingerprint density at radius 2 is 2.16 bits per heavy atom. The van der Waals surface area contributed by atoms with Crippen molar-refractivity contribution in [3.63, 3.8) is 0 Å². The van der Waals surface area contributed by atoms with Gasteiger partial charge in [-0.15, -0.1) is 0 Å². The third kappa shape index (κ3) is 1.83. The van der Waals surface area contributed by atoms with E-state index in [1.54, 1.807) is 18.3 Å². The first-order chi connectivity index (χ1) is 9.16. The fraction of sp³-hybridized carbons (Fsp3) is 0. The molecule has 3 heterocycles. The maximum atomic E-state index is 13.2. The Hall–Kier alpha value is -2.76. The summed E-state index contributed by atoms with van der Waals surface area (Å²) >= 11 is 0. The molecule has 0 spiro atoms. The number of rotatable bonds is 2. The molecule has 0 bridgehead atoms. The van der Waals surface area contributed by atoms with Crippen LogP contribution < -0.4 is 0 Å². The summed E-state index contributed by atoms with van der Waals surface area (Å²) in [6, 6.07) is 6.06. The minimum absolute atomic E-state index is 0.0810. The molecule has 0 radical (unpaired) electrons. The van der Waals surface area contributed by atoms with Crippen molar-refractivity contribution in [1.29, 1.82) is 0 Å². The van der Waals surface area contributed by atoms with Crippen molar-refractivity contribution in [2.45, 2.75) is 0 Å². The SMILES string of the molecule is O=C(O)c1c(-c2cccnc2)nc2ccc(F)cn12. The summed E-state index contributed by atoms with van der Waals surface area (Å²) in [7, 11) is 0. The number of nitrogens with zero attached hydrogens (tertiary/aromatic N) is 3. The fourth-order valence-corrected chi connectivity index (χ4v) is 1.93. The lowest BCUT2D eigenvalue weighted by Gasteiger charge is -1.99. The van der Waals surface area contributed by atoms with Crippen LogP contribution in [-0.4, -0.2) is 25.4 Å². The van der Waals surface area contributed by atoms with Gasteiger partial charge in [0.2, 0.25) is 0 Å². The van der Waals surface area contributed by atoms with E-state index >= 15 is 0 Å². The Kier molecular flexibility index (Phi) is 2.49. The van der Waals surface area contributed by atoms with E-state index in [0.717, 1.165) is 6.20 Å². The van der Waals surface area contributed by atoms with Gasteiger partial charge in [-0.3, -0.25) is 9.38 Å². The minimum Gasteiger partial charge on any atom is -0.476 e. The van der Waals surface area contributed by atoms with Gasteiger partial charge in [-0.2, -0.15) is 0 Å². The lowest BCUT2D eigenvalue weighted by molar-refractivity contribution is 0.0690. The molecule has 94 valence electrons. The molecular formula is C13H8FN3O2. The van der Waals surface area contributed by atoms with Gasteiger partial charge < -0.3 is 5.11 Å². The molecular weight excluding hydrogens is 249 g/mol. The van der Waals surface area contributed by atoms with Crippen LogP contribution in [0.1, 0.15) is 10.5 Å². The molecule has 0 aliphatic carbocycles. The second-order valence-corrected chi connectivity index (χ2v) is 3.93. The van der Waals surface area contributed by atoms with Crippen molar-refractivity contribution < 1.29 is 14.3 Å². The summed E-state index contributed by atoms with van der Waals surface area (Å²) in [4.78, 5) is 19.5. The van der Waals surface area contributed by atoms with E-state index in [4.69, 9.17) is 0 Å². The third-order valence-corrected chi connectivity index (χ3v) is 2.72. The number of carboxylic acids is 1. The number of aromatic nitrogens is 3. The molecule has 3 rings (SSSR count). The summed E-state index contributed by atoms with van der Waals surface area (Å²) in [5, 5.41) is 9.30. The number of aromatic carboxylic acids is 1. The van der Waals surface area contributed by atoms with Gasteiger partial charge in [-0.25, -0.2) is 14.2 Å². The van der Waals surface area contributed by atoms with Crippen molar-refractivity contribution >= 4 is 11.6 Å². The van der Waals surface area contributed by atoms with Crippen LogP contribution in [0.5, 0.6) is 0 Å². The van der Waals surface area contributed by atoms with Crippen LogP contribution in [-0.2, 0) is 0 Å². The van der Waals surface area contributed by atoms with Crippen LogP contribution in [0.25, 0.3) is 16.9 Å². The normalized spacial score (nSPS) is 10.8. The van der Waals surface area contributed by atoms with Gasteiger partial charge >= 0.3 is 5.97 Å². The number of hydrogen-bond donors (Lipinski definition) is 1. The van der Waals surface area contributed by atoms with Gasteiger partial charge in [-0.05, 0) is 24.3 Å². The van der Waals surface area contributed by atoms with E-state index < -0.39 is 11.8 Å². The summed E-state index contributed by atoms with van der Waals surface area (Å²) in [5.41, 5.74) is 1.13. The first-order valence-corrected chi connectivity index (χ1v) is 5.48. The van der Waals surface area contributed by atoms with Crippen molar-refractivity contribution in [3.05, 3.63) is 54.4 Å². The van der Waals surface area contributed by atoms with Crippen molar-refractivity contribution in [2.24, 2.45) is 0 Å². The highest BCUT2D eigenvalue weighted by atomic mass is 19.1. The van der Waals surface area contributed by atoms with Gasteiger partial charge in [0, 0.05) is 24.2 Å². The van der Waals surface area contributed by atoms with E-state index in [2.05, 4.69) is 9.97 Å². The van der Waals surface area contributed by atoms with E-state index in [1.807, 2.05) is 0 Å². The molecule has 0 aliphatic rings. The van der Waals surface area contributed by atoms with E-state index in [9.17, 15) is 14.3 Å². The topological polar surface area (TPSA) is 67.5 Å². The lowest BCUT2D eigenvalue weighted by atomic mass is 10.2. The number of carboxylic acid groups (broad SMARTS) is 1. The number of fused-ring (bicyclic) bond motifs is 1. The van der Waals surface area contributed by atoms with E-state index in [1.165, 1.54) is 22.7 Å². The molecule has 6 heteroatoms. The molecule has 0 atom stereocenters. The maximum absolute atomic E-state index is 13.2. The summed E-state index contributed by atoms with van der Waals surface area (Å²) < 4.78 is 14.5. The average molecular weight is 257 g/mol. The largest absolute Gasteiger partial charge is 0.476 e. The molecule has 5 nitrogen and oxygen atoms in total. The van der Waals surface area contributed by atoms with Crippen LogP contribution in [0.3, 0.4) is 0 Å². The first kappa shape index (κ1) is 11.3. The van der Waals surface area contributed by atoms with E-state index in [0.29, 0.717) is 11.2 Å². The second kappa shape index (κ2) is 4.16. The van der Waals surface area contributed by atoms with Gasteiger partial charge in [0.1, 0.15) is 17.2 Å². The molecule has 0 fully saturated rings. The predicted octanol–water partition coefficient (Wildman–Crippen LogP) is 2.23. The maximum Gasteiger partial charge on any atom is 0.355 e. The zero-order valence-electron chi connectivity index (χ0n) is 9.62. The summed E-state index contributed by atoms with van der Waals surface area (Å²) in [6.07, 6.45) is 4.20. The predicted molar refractivity (Wildman–Crippen MR) is 65.3 cm³/mol. The highest BCUT2D eigenvalue weighted by molar-refractivity contribution is 5.94. The lowest BCUT2D eigenvalue weighted by Crippen LogP contribution is -2.04. The molecule has 3 aromatic rings. The van der Waals surface area contributed by atoms with Crippen LogP contribution in [0, 0.1) is 5.82 Å². The molecule has 0 aliphatic heterocycles. The molecule has 0 unspecified atom stereocenters. The monoisotopic (exact) mass is 257 g/mol. The molecule has 19 heavy (non-hydrogen) atoms. The van der Waals surface area contributed by atoms with Crippen molar-refractivity contribution in [3.8, 4) is 11.3 Å². The third-order valence-electron chi connectivity index (χ3n) is 2.72. The van der Waals surface area contributed by atoms with Gasteiger partial charge in [0.25, 0.3) is 0 Å². The quantitative estimate of drug-likeness (QED) is 0.764. The summed E-state index contributed by atoms with van der Waals surface area (Å²) in [6.45, 7) is 0. The Labute approximate surface area is 107 Å². The average Bonchev–Trinajstić information content (AvgIpc) is 2.78. The highest BCUT2D eigenvalue weighted by Crippen LogP contribution is 2.24. The Bertz CT molecular complexity index is 768. The zero-order chi connectivity index (χ0) is 13.4. The van der Waals surface area contributed by atoms with Gasteiger partial charge in [0.15, 0.2) is 5.69 Å². The number of halogens is 1. The molecule has 0 saturated carbocycles. The molecule has 3 aromatic heterocycles. The second-order valence-electron chi connectivity index (χ2n) is 3.93. The molecule has 0 aromatic carbocycles. The van der Waals surface area contributed by atoms with Gasteiger partial charge in [0.05, 0.1) is 0 Å². The summed E-state index contributed by atoms with van der Waals surface area (Å²) in [5.74, 6) is -1.69. The van der Waals surface area contributed by atoms with Crippen molar-refractivity contribution in [2.75, 3.05) is 0 Å². The Morgan fingerprint density at radius 3 is 2.84 bits per heavy atom. The van der Waals surface area contributed by atoms with Crippen LogP contribution in [0.15, 0.2) is 42.9 Å². The van der Waals surface area contributed by atoms with Crippen LogP contribution in [0.2, 0.25) is 0 Å². The molecule has 0 amide bonds. The van der Waals surface area contributed by atoms with Crippen LogP contribution >= 0.6 is 0 Å². The Morgan fingerprint density at radius 1 is 1.32 bits per heavy atom. The number of carbonyl (C=O) groups is 1. The van der Waals surface area contributed by atoms with Crippen LogP contribution in [0.4, 0.5) is 4.39 Å². The standard InChI is InChI=1S/C13H8FN3O2/c14-9-3-4-10-16-11(8-2-1-5-15-6-8)12(13(18)19)17(10)7-9/h1-7H,(H,18,19). The number of pyridine rings is 2. The number of imidazole rings is 1. The Balaban J connectivity index is 2.36. The minimum atomic E-state index is -1.17. The van der Waals surface area contributed by atoms with E-state index in [-0.39, 0.29) is 11.4 Å².